The molecule has 1 spiro atoms. The first-order valence-corrected chi connectivity index (χ1v) is 14.8. The van der Waals surface area contributed by atoms with Crippen LogP contribution in [0.3, 0.4) is 0 Å². The number of nitrogens with zero attached hydrogens (tertiary/aromatic N) is 1. The Morgan fingerprint density at radius 2 is 1.88 bits per heavy atom. The van der Waals surface area contributed by atoms with Crippen LogP contribution >= 0.6 is 0 Å². The van der Waals surface area contributed by atoms with Gasteiger partial charge >= 0.3 is 6.09 Å². The maximum Gasteiger partial charge on any atom is 0.410 e. The molecule has 3 N–H and O–H groups in total. The molecular formula is C25H43N3O3Si. The minimum atomic E-state index is -1.78. The van der Waals surface area contributed by atoms with Gasteiger partial charge in [-0.2, -0.15) is 0 Å². The van der Waals surface area contributed by atoms with Crippen LogP contribution in [0, 0.1) is 5.41 Å². The molecular weight excluding hydrogens is 418 g/mol. The maximum absolute atomic E-state index is 12.4. The molecule has 0 radical (unpaired) electrons. The van der Waals surface area contributed by atoms with Gasteiger partial charge in [-0.25, -0.2) is 4.79 Å². The highest BCUT2D eigenvalue weighted by molar-refractivity contribution is 6.74. The fourth-order valence-electron chi connectivity index (χ4n) is 4.37. The highest BCUT2D eigenvalue weighted by atomic mass is 28.4. The largest absolute Gasteiger partial charge is 0.444 e. The van der Waals surface area contributed by atoms with E-state index in [1.165, 1.54) is 0 Å². The fourth-order valence-corrected chi connectivity index (χ4v) is 5.33. The number of benzene rings is 1. The molecule has 1 aliphatic carbocycles. The second kappa shape index (κ2) is 8.56. The monoisotopic (exact) mass is 461 g/mol. The van der Waals surface area contributed by atoms with Crippen LogP contribution in [-0.4, -0.2) is 44.0 Å². The lowest BCUT2D eigenvalue weighted by atomic mass is 9.65. The summed E-state index contributed by atoms with van der Waals surface area (Å²) < 4.78 is 11.9. The lowest BCUT2D eigenvalue weighted by molar-refractivity contribution is 0.0237. The topological polar surface area (TPSA) is 76.8 Å². The smallest absolute Gasteiger partial charge is 0.410 e. The van der Waals surface area contributed by atoms with E-state index in [1.54, 1.807) is 0 Å². The third-order valence-corrected chi connectivity index (χ3v) is 11.8. The van der Waals surface area contributed by atoms with E-state index in [2.05, 4.69) is 51.3 Å². The summed E-state index contributed by atoms with van der Waals surface area (Å²) in [7, 11) is -1.78. The van der Waals surface area contributed by atoms with Crippen LogP contribution in [0.15, 0.2) is 18.2 Å². The Hall–Kier alpha value is -1.73. The number of hydrogen-bond donors (Lipinski definition) is 2. The zero-order valence-corrected chi connectivity index (χ0v) is 22.3. The molecule has 1 amide bonds. The molecule has 1 aliphatic heterocycles. The number of nitrogens with two attached hydrogens (primary N) is 1. The predicted molar refractivity (Wildman–Crippen MR) is 134 cm³/mol. The average Bonchev–Trinajstić information content (AvgIpc) is 3.05. The van der Waals surface area contributed by atoms with Gasteiger partial charge in [0.25, 0.3) is 0 Å². The quantitative estimate of drug-likeness (QED) is 0.416. The first-order valence-electron chi connectivity index (χ1n) is 11.9. The van der Waals surface area contributed by atoms with Crippen LogP contribution in [0.1, 0.15) is 66.4 Å². The van der Waals surface area contributed by atoms with Crippen molar-refractivity contribution in [3.63, 3.8) is 0 Å². The fraction of sp³-hybridized carbons (Fsp3) is 0.720. The Bertz CT molecular complexity index is 836. The van der Waals surface area contributed by atoms with E-state index in [0.717, 1.165) is 49.3 Å². The van der Waals surface area contributed by atoms with Crippen LogP contribution in [-0.2, 0) is 15.8 Å². The minimum absolute atomic E-state index is 0.189. The SMILES string of the molecule is CC(C)(C)OC(=O)N1CCC2(CC(Nc3ccc(CO[Si](C)(C)C(C)(C)C)cc3N)C2)C1. The van der Waals surface area contributed by atoms with Gasteiger partial charge in [0.05, 0.1) is 18.0 Å². The highest BCUT2D eigenvalue weighted by Crippen LogP contribution is 2.49. The molecule has 2 aliphatic rings. The molecule has 1 saturated heterocycles. The van der Waals surface area contributed by atoms with E-state index in [1.807, 2.05) is 31.7 Å². The summed E-state index contributed by atoms with van der Waals surface area (Å²) in [6.45, 7) is 19.2. The van der Waals surface area contributed by atoms with E-state index in [4.69, 9.17) is 14.9 Å². The van der Waals surface area contributed by atoms with Crippen molar-refractivity contribution in [1.29, 1.82) is 0 Å². The van der Waals surface area contributed by atoms with Gasteiger partial charge in [0.1, 0.15) is 5.60 Å². The molecule has 6 nitrogen and oxygen atoms in total. The summed E-state index contributed by atoms with van der Waals surface area (Å²) in [5, 5.41) is 3.81. The van der Waals surface area contributed by atoms with E-state index < -0.39 is 13.9 Å². The average molecular weight is 462 g/mol. The third kappa shape index (κ3) is 5.79. The van der Waals surface area contributed by atoms with Crippen molar-refractivity contribution in [3.05, 3.63) is 23.8 Å². The van der Waals surface area contributed by atoms with Crippen LogP contribution in [0.4, 0.5) is 16.2 Å². The number of carbonyl (C=O) groups is 1. The Balaban J connectivity index is 1.50. The van der Waals surface area contributed by atoms with Crippen LogP contribution in [0.5, 0.6) is 0 Å². The lowest BCUT2D eigenvalue weighted by Gasteiger charge is -2.46. The predicted octanol–water partition coefficient (Wildman–Crippen LogP) is 5.99. The van der Waals surface area contributed by atoms with Crippen molar-refractivity contribution in [1.82, 2.24) is 4.90 Å². The zero-order valence-electron chi connectivity index (χ0n) is 21.3. The summed E-state index contributed by atoms with van der Waals surface area (Å²) >= 11 is 0. The van der Waals surface area contributed by atoms with Gasteiger partial charge in [-0.05, 0) is 81.3 Å². The van der Waals surface area contributed by atoms with Gasteiger partial charge < -0.3 is 25.1 Å². The van der Waals surface area contributed by atoms with Crippen molar-refractivity contribution in [3.8, 4) is 0 Å². The number of nitrogen functional groups attached to an aromatic ring is 1. The number of hydrogen-bond acceptors (Lipinski definition) is 5. The Morgan fingerprint density at radius 1 is 1.22 bits per heavy atom. The molecule has 0 atom stereocenters. The van der Waals surface area contributed by atoms with Crippen molar-refractivity contribution in [2.75, 3.05) is 24.1 Å². The van der Waals surface area contributed by atoms with Crippen LogP contribution in [0.2, 0.25) is 18.1 Å². The molecule has 7 heteroatoms. The molecule has 1 aromatic carbocycles. The summed E-state index contributed by atoms with van der Waals surface area (Å²) in [4.78, 5) is 14.2. The Kier molecular flexibility index (Phi) is 6.66. The van der Waals surface area contributed by atoms with Gasteiger partial charge in [0.15, 0.2) is 8.32 Å². The summed E-state index contributed by atoms with van der Waals surface area (Å²) in [5.41, 5.74) is 9.01. The number of anilines is 2. The number of nitrogens with one attached hydrogen (secondary N) is 1. The molecule has 3 rings (SSSR count). The molecule has 1 aromatic rings. The summed E-state index contributed by atoms with van der Waals surface area (Å²) in [5.74, 6) is 0. The van der Waals surface area contributed by atoms with Crippen molar-refractivity contribution < 1.29 is 14.0 Å². The third-order valence-electron chi connectivity index (χ3n) is 7.33. The second-order valence-corrected chi connectivity index (χ2v) is 17.2. The van der Waals surface area contributed by atoms with Gasteiger partial charge in [-0.3, -0.25) is 0 Å². The number of likely N-dealkylation sites (tertiary alicyclic amines) is 1. The molecule has 0 aromatic heterocycles. The summed E-state index contributed by atoms with van der Waals surface area (Å²) in [6, 6.07) is 6.61. The normalized spacial score (nSPS) is 23.9. The second-order valence-electron chi connectivity index (χ2n) is 12.4. The molecule has 0 bridgehead atoms. The van der Waals surface area contributed by atoms with Crippen LogP contribution < -0.4 is 11.1 Å². The van der Waals surface area contributed by atoms with E-state index >= 15 is 0 Å². The summed E-state index contributed by atoms with van der Waals surface area (Å²) in [6.07, 6.45) is 2.97. The van der Waals surface area contributed by atoms with Gasteiger partial charge in [-0.15, -0.1) is 0 Å². The van der Waals surface area contributed by atoms with E-state index in [-0.39, 0.29) is 16.5 Å². The first-order chi connectivity index (χ1) is 14.6. The minimum Gasteiger partial charge on any atom is -0.444 e. The zero-order chi connectivity index (χ0) is 23.9. The Labute approximate surface area is 195 Å². The highest BCUT2D eigenvalue weighted by Gasteiger charge is 2.50. The van der Waals surface area contributed by atoms with Crippen molar-refractivity contribution in [2.45, 2.75) is 97.2 Å². The van der Waals surface area contributed by atoms with E-state index in [0.29, 0.717) is 12.6 Å². The van der Waals surface area contributed by atoms with E-state index in [9.17, 15) is 4.79 Å². The van der Waals surface area contributed by atoms with Gasteiger partial charge in [-0.1, -0.05) is 26.8 Å². The molecule has 0 unspecified atom stereocenters. The lowest BCUT2D eigenvalue weighted by Crippen LogP contribution is -2.47. The number of ether oxygens (including phenoxy) is 1. The molecule has 180 valence electrons. The molecule has 1 saturated carbocycles. The van der Waals surface area contributed by atoms with Gasteiger partial charge in [0.2, 0.25) is 0 Å². The number of rotatable bonds is 5. The molecule has 32 heavy (non-hydrogen) atoms. The van der Waals surface area contributed by atoms with Gasteiger partial charge in [0, 0.05) is 19.1 Å². The molecule has 2 fully saturated rings. The van der Waals surface area contributed by atoms with Crippen LogP contribution in [0.25, 0.3) is 0 Å². The first kappa shape index (κ1) is 24.9. The van der Waals surface area contributed by atoms with Crippen molar-refractivity contribution in [2.24, 2.45) is 5.41 Å². The number of amides is 1. The molecule has 1 heterocycles. The van der Waals surface area contributed by atoms with Crippen molar-refractivity contribution >= 4 is 25.8 Å². The number of carbonyl (C=O) groups excluding carboxylic acids is 1. The maximum atomic E-state index is 12.4. The Morgan fingerprint density at radius 3 is 2.44 bits per heavy atom. The standard InChI is InChI=1S/C25H43N3O3Si/c1-23(2,3)31-22(29)28-12-11-25(17-28)14-19(15-25)27-21-10-9-18(13-20(21)26)16-30-32(7,8)24(4,5)6/h9-10,13,19,27H,11-12,14-17,26H2,1-8H3.